The maximum Gasteiger partial charge on any atom is 0.142 e. The zero-order chi connectivity index (χ0) is 12.7. The van der Waals surface area contributed by atoms with Crippen molar-refractivity contribution in [3.63, 3.8) is 0 Å². The van der Waals surface area contributed by atoms with Crippen molar-refractivity contribution in [1.29, 1.82) is 0 Å². The molecule has 4 nitrogen and oxygen atoms in total. The van der Waals surface area contributed by atoms with Gasteiger partial charge in [0.25, 0.3) is 0 Å². The maximum absolute atomic E-state index is 5.76. The third-order valence-corrected chi connectivity index (χ3v) is 3.22. The summed E-state index contributed by atoms with van der Waals surface area (Å²) in [5.74, 6) is 0.848. The Morgan fingerprint density at radius 2 is 2.00 bits per heavy atom. The molecule has 0 aliphatic rings. The van der Waals surface area contributed by atoms with E-state index in [9.17, 15) is 0 Å². The summed E-state index contributed by atoms with van der Waals surface area (Å²) in [6.45, 7) is 2.09. The number of methoxy groups -OCH3 is 1. The third kappa shape index (κ3) is 1.46. The van der Waals surface area contributed by atoms with Crippen LogP contribution in [0.2, 0.25) is 0 Å². The molecule has 2 aromatic heterocycles. The van der Waals surface area contributed by atoms with E-state index in [1.54, 1.807) is 13.3 Å². The minimum absolute atomic E-state index is 0.736. The summed E-state index contributed by atoms with van der Waals surface area (Å²) < 4.78 is 5.37. The second-order valence-electron chi connectivity index (χ2n) is 4.38. The highest BCUT2D eigenvalue weighted by molar-refractivity contribution is 6.00. The van der Waals surface area contributed by atoms with Gasteiger partial charge in [-0.1, -0.05) is 6.07 Å². The van der Waals surface area contributed by atoms with Crippen LogP contribution in [0, 0.1) is 6.92 Å². The van der Waals surface area contributed by atoms with E-state index in [1.807, 2.05) is 18.3 Å². The van der Waals surface area contributed by atoms with Crippen LogP contribution < -0.4 is 10.5 Å². The highest BCUT2D eigenvalue weighted by Crippen LogP contribution is 2.35. The summed E-state index contributed by atoms with van der Waals surface area (Å²) in [5, 5.41) is 1.16. The summed E-state index contributed by atoms with van der Waals surface area (Å²) in [6.07, 6.45) is 3.77. The number of nitrogens with one attached hydrogen (secondary N) is 2. The molecular weight excluding hydrogens is 226 g/mol. The number of anilines is 1. The lowest BCUT2D eigenvalue weighted by Gasteiger charge is -2.05. The molecule has 0 aliphatic heterocycles. The van der Waals surface area contributed by atoms with Crippen LogP contribution in [0.5, 0.6) is 5.75 Å². The SMILES string of the molecule is COc1ccc(C)c2c(-c3cc(N)c[nH]3)c[nH]c12. The predicted octanol–water partition coefficient (Wildman–Crippen LogP) is 3.06. The third-order valence-electron chi connectivity index (χ3n) is 3.22. The first-order valence-corrected chi connectivity index (χ1v) is 5.79. The number of nitrogens with two attached hydrogens (primary N) is 1. The Morgan fingerprint density at radius 3 is 2.67 bits per heavy atom. The molecule has 0 saturated heterocycles. The molecule has 1 aromatic carbocycles. The van der Waals surface area contributed by atoms with Gasteiger partial charge in [0.15, 0.2) is 0 Å². The van der Waals surface area contributed by atoms with Crippen LogP contribution in [-0.2, 0) is 0 Å². The van der Waals surface area contributed by atoms with Gasteiger partial charge in [-0.15, -0.1) is 0 Å². The molecule has 0 fully saturated rings. The smallest absolute Gasteiger partial charge is 0.142 e. The number of ether oxygens (including phenoxy) is 1. The fourth-order valence-corrected chi connectivity index (χ4v) is 2.34. The first-order chi connectivity index (χ1) is 8.70. The van der Waals surface area contributed by atoms with Gasteiger partial charge in [0.1, 0.15) is 5.75 Å². The van der Waals surface area contributed by atoms with Gasteiger partial charge in [0.2, 0.25) is 0 Å². The molecule has 0 aliphatic carbocycles. The standard InChI is InChI=1S/C14H15N3O/c1-8-3-4-12(18-2)14-13(8)10(7-17-14)11-5-9(15)6-16-11/h3-7,16-17H,15H2,1-2H3. The van der Waals surface area contributed by atoms with E-state index in [-0.39, 0.29) is 0 Å². The second-order valence-corrected chi connectivity index (χ2v) is 4.38. The van der Waals surface area contributed by atoms with Gasteiger partial charge in [-0.25, -0.2) is 0 Å². The molecule has 0 unspecified atom stereocenters. The number of benzene rings is 1. The fourth-order valence-electron chi connectivity index (χ4n) is 2.34. The monoisotopic (exact) mass is 241 g/mol. The number of rotatable bonds is 2. The number of aromatic nitrogens is 2. The van der Waals surface area contributed by atoms with Crippen molar-refractivity contribution in [1.82, 2.24) is 9.97 Å². The van der Waals surface area contributed by atoms with Crippen LogP contribution >= 0.6 is 0 Å². The first kappa shape index (κ1) is 10.8. The van der Waals surface area contributed by atoms with Crippen molar-refractivity contribution in [3.05, 3.63) is 36.2 Å². The van der Waals surface area contributed by atoms with E-state index in [0.29, 0.717) is 0 Å². The minimum atomic E-state index is 0.736. The Balaban J connectivity index is 2.31. The normalized spacial score (nSPS) is 11.0. The second kappa shape index (κ2) is 3.84. The van der Waals surface area contributed by atoms with Gasteiger partial charge < -0.3 is 20.4 Å². The van der Waals surface area contributed by atoms with E-state index in [2.05, 4.69) is 23.0 Å². The fraction of sp³-hybridized carbons (Fsp3) is 0.143. The molecule has 4 heteroatoms. The summed E-state index contributed by atoms with van der Waals surface area (Å²) >= 11 is 0. The largest absolute Gasteiger partial charge is 0.495 e. The minimum Gasteiger partial charge on any atom is -0.495 e. The number of fused-ring (bicyclic) bond motifs is 1. The van der Waals surface area contributed by atoms with Crippen LogP contribution in [0.15, 0.2) is 30.6 Å². The molecule has 0 amide bonds. The average molecular weight is 241 g/mol. The lowest BCUT2D eigenvalue weighted by atomic mass is 10.0. The predicted molar refractivity (Wildman–Crippen MR) is 73.8 cm³/mol. The summed E-state index contributed by atoms with van der Waals surface area (Å²) in [4.78, 5) is 6.45. The number of hydrogen-bond donors (Lipinski definition) is 3. The molecule has 3 aromatic rings. The van der Waals surface area contributed by atoms with E-state index in [4.69, 9.17) is 10.5 Å². The lowest BCUT2D eigenvalue weighted by Crippen LogP contribution is -1.86. The Kier molecular flexibility index (Phi) is 2.30. The van der Waals surface area contributed by atoms with Crippen LogP contribution in [0.3, 0.4) is 0 Å². The van der Waals surface area contributed by atoms with Crippen LogP contribution in [-0.4, -0.2) is 17.1 Å². The van der Waals surface area contributed by atoms with Crippen LogP contribution in [0.1, 0.15) is 5.56 Å². The molecule has 4 N–H and O–H groups in total. The highest BCUT2D eigenvalue weighted by atomic mass is 16.5. The average Bonchev–Trinajstić information content (AvgIpc) is 2.96. The molecule has 0 bridgehead atoms. The Labute approximate surface area is 105 Å². The van der Waals surface area contributed by atoms with E-state index >= 15 is 0 Å². The topological polar surface area (TPSA) is 66.8 Å². The van der Waals surface area contributed by atoms with Crippen molar-refractivity contribution < 1.29 is 4.74 Å². The summed E-state index contributed by atoms with van der Waals surface area (Å²) in [5.41, 5.74) is 10.8. The number of aryl methyl sites for hydroxylation is 1. The van der Waals surface area contributed by atoms with Gasteiger partial charge in [0, 0.05) is 34.7 Å². The molecule has 92 valence electrons. The molecule has 0 radical (unpaired) electrons. The summed E-state index contributed by atoms with van der Waals surface area (Å²) in [7, 11) is 1.68. The van der Waals surface area contributed by atoms with E-state index in [1.165, 1.54) is 5.56 Å². The van der Waals surface area contributed by atoms with Gasteiger partial charge in [0.05, 0.1) is 12.6 Å². The van der Waals surface area contributed by atoms with Crippen molar-refractivity contribution in [2.75, 3.05) is 12.8 Å². The molecule has 0 spiro atoms. The van der Waals surface area contributed by atoms with E-state index in [0.717, 1.165) is 33.6 Å². The highest BCUT2D eigenvalue weighted by Gasteiger charge is 2.13. The summed E-state index contributed by atoms with van der Waals surface area (Å²) in [6, 6.07) is 5.97. The number of H-pyrrole nitrogens is 2. The van der Waals surface area contributed by atoms with Crippen molar-refractivity contribution in [2.45, 2.75) is 6.92 Å². The Morgan fingerprint density at radius 1 is 1.17 bits per heavy atom. The van der Waals surface area contributed by atoms with Gasteiger partial charge >= 0.3 is 0 Å². The maximum atomic E-state index is 5.76. The van der Waals surface area contributed by atoms with Gasteiger partial charge in [-0.2, -0.15) is 0 Å². The van der Waals surface area contributed by atoms with Crippen LogP contribution in [0.25, 0.3) is 22.2 Å². The Bertz CT molecular complexity index is 709. The zero-order valence-corrected chi connectivity index (χ0v) is 10.4. The molecular formula is C14H15N3O. The molecule has 0 atom stereocenters. The quantitative estimate of drug-likeness (QED) is 0.645. The molecule has 18 heavy (non-hydrogen) atoms. The van der Waals surface area contributed by atoms with Crippen molar-refractivity contribution in [2.24, 2.45) is 0 Å². The number of hydrogen-bond acceptors (Lipinski definition) is 2. The van der Waals surface area contributed by atoms with Gasteiger partial charge in [-0.3, -0.25) is 0 Å². The molecule has 0 saturated carbocycles. The number of nitrogen functional groups attached to an aromatic ring is 1. The van der Waals surface area contributed by atoms with Crippen molar-refractivity contribution >= 4 is 16.6 Å². The zero-order valence-electron chi connectivity index (χ0n) is 10.4. The first-order valence-electron chi connectivity index (χ1n) is 5.79. The van der Waals surface area contributed by atoms with Crippen molar-refractivity contribution in [3.8, 4) is 17.0 Å². The lowest BCUT2D eigenvalue weighted by molar-refractivity contribution is 0.419. The molecule has 3 rings (SSSR count). The van der Waals surface area contributed by atoms with E-state index < -0.39 is 0 Å². The molecule has 2 heterocycles. The van der Waals surface area contributed by atoms with Gasteiger partial charge in [-0.05, 0) is 24.6 Å². The number of aromatic amines is 2. The Hall–Kier alpha value is -2.36. The van der Waals surface area contributed by atoms with Crippen LogP contribution in [0.4, 0.5) is 5.69 Å².